The summed E-state index contributed by atoms with van der Waals surface area (Å²) < 4.78 is 142. The Balaban J connectivity index is 0.000000660. The van der Waals surface area contributed by atoms with Gasteiger partial charge in [0.2, 0.25) is 16.2 Å². The number of fused-ring (bicyclic) bond motifs is 2. The maximum Gasteiger partial charge on any atom is 0.495 e. The molecule has 20 heteroatoms. The minimum absolute atomic E-state index is 0. The second-order valence-corrected chi connectivity index (χ2v) is 11.3. The minimum Gasteiger partial charge on any atom is -0.726 e. The highest BCUT2D eigenvalue weighted by atomic mass is 32.3. The van der Waals surface area contributed by atoms with Gasteiger partial charge in [-0.1, -0.05) is 31.7 Å². The summed E-state index contributed by atoms with van der Waals surface area (Å²) in [7, 11) is -8.11. The van der Waals surface area contributed by atoms with Crippen LogP contribution in [-0.4, -0.2) is 55.3 Å². The Labute approximate surface area is 282 Å². The molecule has 0 aliphatic rings. The van der Waals surface area contributed by atoms with Crippen LogP contribution in [0.1, 0.15) is 60.6 Å². The van der Waals surface area contributed by atoms with Crippen molar-refractivity contribution in [3.63, 3.8) is 0 Å². The molecule has 0 radical (unpaired) electrons. The van der Waals surface area contributed by atoms with Crippen molar-refractivity contribution in [1.82, 2.24) is 14.1 Å². The van der Waals surface area contributed by atoms with E-state index in [0.717, 1.165) is 0 Å². The van der Waals surface area contributed by atoms with Gasteiger partial charge < -0.3 is 9.12 Å². The molecule has 0 amide bonds. The first-order chi connectivity index (χ1) is 22.2. The Morgan fingerprint density at radius 3 is 1.57 bits per heavy atom. The van der Waals surface area contributed by atoms with Crippen LogP contribution in [0.3, 0.4) is 0 Å². The quantitative estimate of drug-likeness (QED) is 0.0811. The summed E-state index contributed by atoms with van der Waals surface area (Å²) in [5.41, 5.74) is 2.16. The lowest BCUT2D eigenvalue weighted by atomic mass is 10.3. The molecule has 2 aromatic heterocycles. The van der Waals surface area contributed by atoms with E-state index in [-0.39, 0.29) is 33.8 Å². The first-order valence-corrected chi connectivity index (χ1v) is 17.1. The Morgan fingerprint density at radius 2 is 1.18 bits per heavy atom. The van der Waals surface area contributed by atoms with Gasteiger partial charge in [-0.3, -0.25) is 4.18 Å². The zero-order chi connectivity index (χ0) is 36.9. The molecule has 12 nitrogen and oxygen atoms in total. The van der Waals surface area contributed by atoms with Gasteiger partial charge in [-0.2, -0.15) is 34.8 Å². The van der Waals surface area contributed by atoms with E-state index in [1.54, 1.807) is 83.1 Å². The fourth-order valence-corrected chi connectivity index (χ4v) is 5.25. The highest BCUT2D eigenvalue weighted by Gasteiger charge is 2.46. The van der Waals surface area contributed by atoms with Gasteiger partial charge in [0.1, 0.15) is 0 Å². The number of aryl methyl sites for hydroxylation is 3. The molecule has 0 aliphatic carbocycles. The largest absolute Gasteiger partial charge is 0.726 e. The van der Waals surface area contributed by atoms with Crippen LogP contribution in [0.4, 0.5) is 26.3 Å². The Morgan fingerprint density at radius 1 is 0.714 bits per heavy atom. The molecule has 0 saturated carbocycles. The summed E-state index contributed by atoms with van der Waals surface area (Å²) in [4.78, 5) is 3.59. The first-order valence-electron chi connectivity index (χ1n) is 14.5. The van der Waals surface area contributed by atoms with Crippen LogP contribution in [0, 0.1) is 0 Å². The molecule has 49 heavy (non-hydrogen) atoms. The number of halogens is 6. The van der Waals surface area contributed by atoms with E-state index in [9.17, 15) is 47.7 Å². The van der Waals surface area contributed by atoms with Gasteiger partial charge in [0, 0.05) is 6.54 Å². The molecule has 0 saturated heterocycles. The van der Waals surface area contributed by atoms with E-state index in [2.05, 4.69) is 17.5 Å². The number of nitrogens with zero attached hydrogens (tertiary/aromatic N) is 4. The van der Waals surface area contributed by atoms with E-state index in [1.807, 2.05) is 0 Å². The number of para-hydroxylation sites is 4. The second kappa shape index (κ2) is 19.8. The van der Waals surface area contributed by atoms with Crippen molar-refractivity contribution in [1.29, 1.82) is 0 Å². The zero-order valence-corrected chi connectivity index (χ0v) is 28.6. The maximum absolute atomic E-state index is 13.1. The van der Waals surface area contributed by atoms with Crippen molar-refractivity contribution in [2.75, 3.05) is 19.8 Å². The third-order valence-electron chi connectivity index (χ3n) is 5.87. The summed E-state index contributed by atoms with van der Waals surface area (Å²) in [5.74, 6) is -1.41. The monoisotopic (exact) mass is 752 g/mol. The first kappa shape index (κ1) is 45.7. The number of hydrogen-bond acceptors (Lipinski definition) is 9. The predicted molar refractivity (Wildman–Crippen MR) is 169 cm³/mol. The van der Waals surface area contributed by atoms with E-state index in [0.29, 0.717) is 35.2 Å². The minimum atomic E-state index is -4.42. The highest BCUT2D eigenvalue weighted by Crippen LogP contribution is 2.32. The lowest BCUT2D eigenvalue weighted by Gasteiger charge is -2.08. The van der Waals surface area contributed by atoms with Gasteiger partial charge in [-0.25, -0.2) is 30.9 Å². The number of alkyl halides is 6. The van der Waals surface area contributed by atoms with Gasteiger partial charge in [-0.05, 0) is 65.8 Å². The lowest BCUT2D eigenvalue weighted by Crippen LogP contribution is -2.41. The van der Waals surface area contributed by atoms with Crippen molar-refractivity contribution < 1.29 is 64.8 Å². The molecule has 4 rings (SSSR count). The number of benzene rings is 2. The SMILES string of the molecule is C.CCOS(=O)(=O)OCC.CCOS(=O)(=O)[O-].CCn1c(C(F)(F)F)[n+](CC)c2ccccc21.CCn1c(C(F)(F)F)nc2ccccc21. The summed E-state index contributed by atoms with van der Waals surface area (Å²) >= 11 is 0. The van der Waals surface area contributed by atoms with Gasteiger partial charge in [-0.15, -0.1) is 0 Å². The van der Waals surface area contributed by atoms with E-state index < -0.39 is 44.8 Å². The molecule has 0 atom stereocenters. The van der Waals surface area contributed by atoms with Crippen molar-refractivity contribution in [2.45, 2.75) is 81.0 Å². The highest BCUT2D eigenvalue weighted by molar-refractivity contribution is 7.81. The Hall–Kier alpha value is -3.30. The van der Waals surface area contributed by atoms with Crippen molar-refractivity contribution in [3.8, 4) is 0 Å². The smallest absolute Gasteiger partial charge is 0.495 e. The molecule has 0 spiro atoms. The van der Waals surface area contributed by atoms with Gasteiger partial charge in [0.05, 0.1) is 43.9 Å². The van der Waals surface area contributed by atoms with Crippen LogP contribution in [-0.2, 0) is 65.3 Å². The Bertz CT molecular complexity index is 1750. The van der Waals surface area contributed by atoms with E-state index in [1.165, 1.54) is 20.6 Å². The lowest BCUT2D eigenvalue weighted by molar-refractivity contribution is -0.688. The molecule has 4 aromatic rings. The van der Waals surface area contributed by atoms with Crippen molar-refractivity contribution in [2.24, 2.45) is 0 Å². The normalized spacial score (nSPS) is 11.9. The maximum atomic E-state index is 13.1. The molecule has 0 unspecified atom stereocenters. The van der Waals surface area contributed by atoms with E-state index >= 15 is 0 Å². The topological polar surface area (TPSA) is 146 Å². The molecule has 0 N–H and O–H groups in total. The Kier molecular flexibility index (Phi) is 18.4. The predicted octanol–water partition coefficient (Wildman–Crippen LogP) is 6.49. The van der Waals surface area contributed by atoms with Gasteiger partial charge >= 0.3 is 28.6 Å². The van der Waals surface area contributed by atoms with Crippen LogP contribution in [0.15, 0.2) is 48.5 Å². The molecule has 2 heterocycles. The van der Waals surface area contributed by atoms with Gasteiger partial charge in [0.25, 0.3) is 0 Å². The fraction of sp³-hybridized carbons (Fsp3) is 0.517. The standard InChI is InChI=1S/C12H14F3N2.C10H9F3N2.C4H10O4S.C2H6O4S.CH4/c1-3-16-9-7-5-6-8-10(9)17(4-2)11(16)12(13,14)15;1-2-15-8-6-4-3-5-7(8)14-9(15)10(11,12)13;1-3-7-9(5,6)8-4-2;1-2-6-7(3,4)5;/h5-8H,3-4H2,1-2H3;3-6H,2H2,1H3;3-4H2,1-2H3;2H2,1H3,(H,3,4,5);1H4/q+1;;;;/p-1. The van der Waals surface area contributed by atoms with E-state index in [4.69, 9.17) is 0 Å². The summed E-state index contributed by atoms with van der Waals surface area (Å²) in [6.07, 6.45) is -8.72. The summed E-state index contributed by atoms with van der Waals surface area (Å²) in [6, 6.07) is 13.6. The molecule has 280 valence electrons. The number of imidazole rings is 2. The molecule has 2 aromatic carbocycles. The number of aromatic nitrogens is 4. The summed E-state index contributed by atoms with van der Waals surface area (Å²) in [6.45, 7) is 10.7. The van der Waals surface area contributed by atoms with Gasteiger partial charge in [0.15, 0.2) is 11.0 Å². The van der Waals surface area contributed by atoms with Crippen LogP contribution >= 0.6 is 0 Å². The van der Waals surface area contributed by atoms with Crippen molar-refractivity contribution in [3.05, 3.63) is 60.2 Å². The molecule has 0 bridgehead atoms. The van der Waals surface area contributed by atoms with Crippen LogP contribution in [0.2, 0.25) is 0 Å². The van der Waals surface area contributed by atoms with Crippen LogP contribution < -0.4 is 4.57 Å². The third kappa shape index (κ3) is 13.9. The molecular weight excluding hydrogens is 710 g/mol. The van der Waals surface area contributed by atoms with Crippen LogP contribution in [0.25, 0.3) is 22.1 Å². The number of rotatable bonds is 9. The molecular formula is C29H42F6N4O8S2. The molecule has 0 aliphatic heterocycles. The average Bonchev–Trinajstić information content (AvgIpc) is 3.53. The zero-order valence-electron chi connectivity index (χ0n) is 27.0. The van der Waals surface area contributed by atoms with Crippen LogP contribution in [0.5, 0.6) is 0 Å². The third-order valence-corrected chi connectivity index (χ3v) is 7.44. The molecule has 0 fully saturated rings. The second-order valence-electron chi connectivity index (χ2n) is 9.00. The average molecular weight is 753 g/mol. The fourth-order valence-electron chi connectivity index (χ4n) is 4.32. The number of hydrogen-bond donors (Lipinski definition) is 0. The summed E-state index contributed by atoms with van der Waals surface area (Å²) in [5, 5.41) is 0. The van der Waals surface area contributed by atoms with Crippen molar-refractivity contribution >= 4 is 42.9 Å².